The van der Waals surface area contributed by atoms with Gasteiger partial charge in [-0.05, 0) is 24.0 Å². The van der Waals surface area contributed by atoms with Gasteiger partial charge in [-0.15, -0.1) is 0 Å². The van der Waals surface area contributed by atoms with E-state index in [0.717, 1.165) is 17.8 Å². The third-order valence-corrected chi connectivity index (χ3v) is 3.85. The molecule has 1 aromatic carbocycles. The minimum Gasteiger partial charge on any atom is -0.379 e. The van der Waals surface area contributed by atoms with Crippen LogP contribution in [0.2, 0.25) is 0 Å². The number of carbonyl (C=O) groups is 1. The number of carbonyl (C=O) groups excluding carboxylic acids is 1. The summed E-state index contributed by atoms with van der Waals surface area (Å²) in [4.78, 5) is 16.7. The molecule has 0 aromatic heterocycles. The molecular formula is C15H18N2O. The molecule has 3 rings (SSSR count). The van der Waals surface area contributed by atoms with Crippen molar-refractivity contribution in [3.05, 3.63) is 24.3 Å². The minimum atomic E-state index is -0.0783. The molecule has 18 heavy (non-hydrogen) atoms. The van der Waals surface area contributed by atoms with Crippen molar-refractivity contribution in [3.63, 3.8) is 0 Å². The Bertz CT molecular complexity index is 519. The van der Waals surface area contributed by atoms with E-state index in [1.54, 1.807) is 0 Å². The molecule has 1 aliphatic heterocycles. The molecule has 1 saturated carbocycles. The van der Waals surface area contributed by atoms with Crippen molar-refractivity contribution in [2.75, 3.05) is 5.32 Å². The number of fused-ring (bicyclic) bond motifs is 2. The lowest BCUT2D eigenvalue weighted by molar-refractivity contribution is -0.125. The molecule has 1 fully saturated rings. The van der Waals surface area contributed by atoms with Gasteiger partial charge in [0.05, 0.1) is 17.3 Å². The van der Waals surface area contributed by atoms with E-state index >= 15 is 0 Å². The van der Waals surface area contributed by atoms with Crippen LogP contribution in [0.3, 0.4) is 0 Å². The lowest BCUT2D eigenvalue weighted by Crippen LogP contribution is -2.44. The maximum absolute atomic E-state index is 12.2. The van der Waals surface area contributed by atoms with Crippen LogP contribution in [0.15, 0.2) is 29.3 Å². The van der Waals surface area contributed by atoms with Crippen LogP contribution >= 0.6 is 0 Å². The summed E-state index contributed by atoms with van der Waals surface area (Å²) in [5.74, 6) is 0.228. The number of Topliss-reactive ketones (excluding diaryl/α,β-unsaturated/α-hetero) is 1. The van der Waals surface area contributed by atoms with Crippen molar-refractivity contribution in [1.82, 2.24) is 0 Å². The van der Waals surface area contributed by atoms with Crippen LogP contribution in [0.25, 0.3) is 0 Å². The lowest BCUT2D eigenvalue weighted by atomic mass is 9.70. The molecule has 1 aromatic rings. The number of aliphatic imine (C=N–C) groups is 1. The largest absolute Gasteiger partial charge is 0.379 e. The molecule has 1 aliphatic carbocycles. The van der Waals surface area contributed by atoms with Crippen LogP contribution in [0.5, 0.6) is 0 Å². The average molecular weight is 242 g/mol. The summed E-state index contributed by atoms with van der Waals surface area (Å²) in [6.07, 6.45) is 3.49. The van der Waals surface area contributed by atoms with Crippen molar-refractivity contribution >= 4 is 23.4 Å². The highest BCUT2D eigenvalue weighted by molar-refractivity contribution is 5.99. The number of nitrogens with zero attached hydrogens (tertiary/aromatic N) is 1. The topological polar surface area (TPSA) is 41.5 Å². The lowest BCUT2D eigenvalue weighted by Gasteiger charge is -2.38. The number of hydrogen-bond donors (Lipinski definition) is 1. The first-order valence-corrected chi connectivity index (χ1v) is 6.48. The van der Waals surface area contributed by atoms with Crippen molar-refractivity contribution in [1.29, 1.82) is 0 Å². The van der Waals surface area contributed by atoms with E-state index in [0.29, 0.717) is 12.2 Å². The molecule has 94 valence electrons. The molecule has 2 atom stereocenters. The van der Waals surface area contributed by atoms with Crippen molar-refractivity contribution in [2.24, 2.45) is 16.3 Å². The Morgan fingerprint density at radius 2 is 2.11 bits per heavy atom. The van der Waals surface area contributed by atoms with Crippen LogP contribution < -0.4 is 5.32 Å². The molecule has 0 radical (unpaired) electrons. The summed E-state index contributed by atoms with van der Waals surface area (Å²) in [5, 5.41) is 3.50. The highest BCUT2D eigenvalue weighted by atomic mass is 16.1. The Balaban J connectivity index is 1.98. The minimum absolute atomic E-state index is 0.0783. The molecule has 2 aliphatic rings. The summed E-state index contributed by atoms with van der Waals surface area (Å²) in [6, 6.07) is 8.15. The van der Waals surface area contributed by atoms with Gasteiger partial charge >= 0.3 is 0 Å². The zero-order chi connectivity index (χ0) is 12.8. The quantitative estimate of drug-likeness (QED) is 0.759. The second kappa shape index (κ2) is 3.94. The molecule has 0 spiro atoms. The molecule has 1 heterocycles. The zero-order valence-corrected chi connectivity index (χ0v) is 10.8. The molecule has 3 nitrogen and oxygen atoms in total. The predicted octanol–water partition coefficient (Wildman–Crippen LogP) is 3.19. The predicted molar refractivity (Wildman–Crippen MR) is 73.5 cm³/mol. The van der Waals surface area contributed by atoms with E-state index in [1.807, 2.05) is 30.5 Å². The average Bonchev–Trinajstić information content (AvgIpc) is 2.46. The summed E-state index contributed by atoms with van der Waals surface area (Å²) in [5.41, 5.74) is 2.04. The molecule has 0 bridgehead atoms. The van der Waals surface area contributed by atoms with Crippen LogP contribution in [-0.4, -0.2) is 18.0 Å². The first kappa shape index (κ1) is 11.5. The van der Waals surface area contributed by atoms with Gasteiger partial charge in [-0.1, -0.05) is 26.0 Å². The van der Waals surface area contributed by atoms with Crippen molar-refractivity contribution in [2.45, 2.75) is 32.7 Å². The third kappa shape index (κ3) is 1.94. The number of hydrogen-bond acceptors (Lipinski definition) is 3. The highest BCUT2D eigenvalue weighted by Crippen LogP contribution is 2.39. The highest BCUT2D eigenvalue weighted by Gasteiger charge is 2.40. The van der Waals surface area contributed by atoms with E-state index in [4.69, 9.17) is 0 Å². The molecule has 1 N–H and O–H groups in total. The fraction of sp³-hybridized carbons (Fsp3) is 0.467. The van der Waals surface area contributed by atoms with E-state index in [-0.39, 0.29) is 17.4 Å². The molecule has 3 heteroatoms. The number of ketones is 1. The third-order valence-electron chi connectivity index (χ3n) is 3.85. The normalized spacial score (nSPS) is 28.9. The Hall–Kier alpha value is -1.64. The van der Waals surface area contributed by atoms with Crippen molar-refractivity contribution < 1.29 is 4.79 Å². The second-order valence-corrected chi connectivity index (χ2v) is 6.08. The number of para-hydroxylation sites is 2. The van der Waals surface area contributed by atoms with Gasteiger partial charge in [0.2, 0.25) is 0 Å². The standard InChI is InChI=1S/C15H18N2O/c1-15(2)7-13-10(14(18)8-15)9-16-11-5-3-4-6-12(11)17-13/h3-6,9-10,13,17H,7-8H2,1-2H3. The maximum Gasteiger partial charge on any atom is 0.143 e. The SMILES string of the molecule is CC1(C)CC(=O)C2C=Nc3ccccc3NC2C1. The monoisotopic (exact) mass is 242 g/mol. The fourth-order valence-corrected chi connectivity index (χ4v) is 3.00. The number of benzene rings is 1. The van der Waals surface area contributed by atoms with Gasteiger partial charge in [0.1, 0.15) is 5.78 Å². The van der Waals surface area contributed by atoms with Gasteiger partial charge in [-0.3, -0.25) is 9.79 Å². The van der Waals surface area contributed by atoms with Crippen LogP contribution in [-0.2, 0) is 4.79 Å². The van der Waals surface area contributed by atoms with Gasteiger partial charge in [0.25, 0.3) is 0 Å². The summed E-state index contributed by atoms with van der Waals surface area (Å²) < 4.78 is 0. The Morgan fingerprint density at radius 3 is 2.94 bits per heavy atom. The molecule has 0 amide bonds. The second-order valence-electron chi connectivity index (χ2n) is 6.08. The van der Waals surface area contributed by atoms with E-state index in [2.05, 4.69) is 24.2 Å². The Kier molecular flexibility index (Phi) is 2.51. The summed E-state index contributed by atoms with van der Waals surface area (Å²) in [7, 11) is 0. The number of anilines is 1. The zero-order valence-electron chi connectivity index (χ0n) is 10.8. The van der Waals surface area contributed by atoms with Crippen LogP contribution in [0, 0.1) is 11.3 Å². The van der Waals surface area contributed by atoms with Gasteiger partial charge < -0.3 is 5.32 Å². The first-order chi connectivity index (χ1) is 8.55. The van der Waals surface area contributed by atoms with E-state index in [1.165, 1.54) is 0 Å². The van der Waals surface area contributed by atoms with E-state index in [9.17, 15) is 4.79 Å². The molecule has 2 unspecified atom stereocenters. The summed E-state index contributed by atoms with van der Waals surface area (Å²) >= 11 is 0. The number of rotatable bonds is 0. The van der Waals surface area contributed by atoms with Gasteiger partial charge in [0, 0.05) is 18.7 Å². The van der Waals surface area contributed by atoms with Gasteiger partial charge in [-0.25, -0.2) is 0 Å². The van der Waals surface area contributed by atoms with Gasteiger partial charge in [0.15, 0.2) is 0 Å². The first-order valence-electron chi connectivity index (χ1n) is 6.48. The smallest absolute Gasteiger partial charge is 0.143 e. The number of nitrogens with one attached hydrogen (secondary N) is 1. The van der Waals surface area contributed by atoms with Gasteiger partial charge in [-0.2, -0.15) is 0 Å². The van der Waals surface area contributed by atoms with Crippen LogP contribution in [0.4, 0.5) is 11.4 Å². The maximum atomic E-state index is 12.2. The summed E-state index contributed by atoms with van der Waals surface area (Å²) in [6.45, 7) is 4.33. The Labute approximate surface area is 107 Å². The Morgan fingerprint density at radius 1 is 1.33 bits per heavy atom. The van der Waals surface area contributed by atoms with Crippen molar-refractivity contribution in [3.8, 4) is 0 Å². The molecule has 0 saturated heterocycles. The fourth-order valence-electron chi connectivity index (χ4n) is 3.00. The van der Waals surface area contributed by atoms with E-state index < -0.39 is 0 Å². The van der Waals surface area contributed by atoms with Crippen LogP contribution in [0.1, 0.15) is 26.7 Å². The molecular weight excluding hydrogens is 224 g/mol.